The first-order chi connectivity index (χ1) is 8.17. The van der Waals surface area contributed by atoms with Gasteiger partial charge in [0.05, 0.1) is 19.8 Å². The zero-order chi connectivity index (χ0) is 12.4. The highest BCUT2D eigenvalue weighted by Gasteiger charge is 2.13. The molecule has 0 aliphatic rings. The second kappa shape index (κ2) is 4.45. The molecule has 0 saturated heterocycles. The number of benzene rings is 2. The largest absolute Gasteiger partial charge is 0.497 e. The number of rotatable bonds is 2. The molecule has 0 aromatic heterocycles. The molecule has 3 heteroatoms. The molecule has 3 nitrogen and oxygen atoms in total. The Morgan fingerprint density at radius 3 is 2.53 bits per heavy atom. The number of hydrogen-bond donors (Lipinski definition) is 0. The van der Waals surface area contributed by atoms with Crippen molar-refractivity contribution in [2.45, 2.75) is 6.92 Å². The fraction of sp³-hybridized carbons (Fsp3) is 0.214. The lowest BCUT2D eigenvalue weighted by atomic mass is 10.0. The molecule has 0 aliphatic heterocycles. The van der Waals surface area contributed by atoms with E-state index < -0.39 is 0 Å². The first-order valence-corrected chi connectivity index (χ1v) is 5.33. The summed E-state index contributed by atoms with van der Waals surface area (Å²) >= 11 is 0. The third-order valence-corrected chi connectivity index (χ3v) is 2.83. The smallest absolute Gasteiger partial charge is 0.338 e. The Morgan fingerprint density at radius 1 is 1.12 bits per heavy atom. The lowest BCUT2D eigenvalue weighted by molar-refractivity contribution is 0.0602. The van der Waals surface area contributed by atoms with Crippen LogP contribution in [-0.2, 0) is 4.74 Å². The summed E-state index contributed by atoms with van der Waals surface area (Å²) < 4.78 is 9.99. The van der Waals surface area contributed by atoms with Crippen LogP contribution in [-0.4, -0.2) is 20.2 Å². The Balaban J connectivity index is 2.80. The molecular formula is C14H14O3. The standard InChI is InChI=1S/C14H14O3/c1-9-5-4-6-11-12(9)7-10(16-2)8-13(11)14(15)17-3/h4-8H,1-3H3. The van der Waals surface area contributed by atoms with E-state index in [2.05, 4.69) is 0 Å². The number of carbonyl (C=O) groups excluding carboxylic acids is 1. The highest BCUT2D eigenvalue weighted by atomic mass is 16.5. The molecular weight excluding hydrogens is 216 g/mol. The summed E-state index contributed by atoms with van der Waals surface area (Å²) in [4.78, 5) is 11.7. The molecule has 2 rings (SSSR count). The van der Waals surface area contributed by atoms with Gasteiger partial charge in [0.25, 0.3) is 0 Å². The van der Waals surface area contributed by atoms with Crippen LogP contribution in [0.2, 0.25) is 0 Å². The molecule has 0 heterocycles. The van der Waals surface area contributed by atoms with Crippen LogP contribution < -0.4 is 4.74 Å². The molecule has 2 aromatic rings. The fourth-order valence-electron chi connectivity index (χ4n) is 1.91. The van der Waals surface area contributed by atoms with E-state index in [4.69, 9.17) is 9.47 Å². The van der Waals surface area contributed by atoms with E-state index in [1.54, 1.807) is 13.2 Å². The molecule has 88 valence electrons. The van der Waals surface area contributed by atoms with E-state index in [-0.39, 0.29) is 5.97 Å². The number of esters is 1. The highest BCUT2D eigenvalue weighted by molar-refractivity contribution is 6.06. The molecule has 0 spiro atoms. The normalized spacial score (nSPS) is 10.3. The molecule has 0 aliphatic carbocycles. The predicted molar refractivity (Wildman–Crippen MR) is 66.6 cm³/mol. The number of aryl methyl sites for hydroxylation is 1. The van der Waals surface area contributed by atoms with Crippen molar-refractivity contribution < 1.29 is 14.3 Å². The third kappa shape index (κ3) is 1.96. The topological polar surface area (TPSA) is 35.5 Å². The number of hydrogen-bond acceptors (Lipinski definition) is 3. The SMILES string of the molecule is COC(=O)c1cc(OC)cc2c(C)cccc12. The van der Waals surface area contributed by atoms with Gasteiger partial charge in [-0.3, -0.25) is 0 Å². The lowest BCUT2D eigenvalue weighted by Gasteiger charge is -2.09. The van der Waals surface area contributed by atoms with Crippen molar-refractivity contribution in [1.29, 1.82) is 0 Å². The van der Waals surface area contributed by atoms with Crippen molar-refractivity contribution in [3.05, 3.63) is 41.5 Å². The Bertz CT molecular complexity index is 573. The van der Waals surface area contributed by atoms with Gasteiger partial charge in [-0.2, -0.15) is 0 Å². The van der Waals surface area contributed by atoms with Gasteiger partial charge in [-0.25, -0.2) is 4.79 Å². The molecule has 0 bridgehead atoms. The average Bonchev–Trinajstić information content (AvgIpc) is 2.37. The van der Waals surface area contributed by atoms with E-state index in [0.29, 0.717) is 11.3 Å². The molecule has 0 saturated carbocycles. The Hall–Kier alpha value is -2.03. The van der Waals surface area contributed by atoms with Gasteiger partial charge in [0.1, 0.15) is 5.75 Å². The Labute approximate surface area is 100.0 Å². The van der Waals surface area contributed by atoms with E-state index in [0.717, 1.165) is 16.3 Å². The Kier molecular flexibility index (Phi) is 3.00. The van der Waals surface area contributed by atoms with Crippen molar-refractivity contribution in [3.63, 3.8) is 0 Å². The average molecular weight is 230 g/mol. The predicted octanol–water partition coefficient (Wildman–Crippen LogP) is 2.94. The maximum atomic E-state index is 11.7. The van der Waals surface area contributed by atoms with Crippen LogP contribution in [0.15, 0.2) is 30.3 Å². The fourth-order valence-corrected chi connectivity index (χ4v) is 1.91. The summed E-state index contributed by atoms with van der Waals surface area (Å²) in [6.07, 6.45) is 0. The quantitative estimate of drug-likeness (QED) is 0.744. The van der Waals surface area contributed by atoms with E-state index in [9.17, 15) is 4.79 Å². The van der Waals surface area contributed by atoms with Crippen molar-refractivity contribution in [3.8, 4) is 5.75 Å². The highest BCUT2D eigenvalue weighted by Crippen LogP contribution is 2.28. The van der Waals surface area contributed by atoms with Crippen molar-refractivity contribution in [2.75, 3.05) is 14.2 Å². The van der Waals surface area contributed by atoms with Gasteiger partial charge >= 0.3 is 5.97 Å². The maximum Gasteiger partial charge on any atom is 0.338 e. The summed E-state index contributed by atoms with van der Waals surface area (Å²) in [5.41, 5.74) is 1.64. The van der Waals surface area contributed by atoms with E-state index >= 15 is 0 Å². The monoisotopic (exact) mass is 230 g/mol. The van der Waals surface area contributed by atoms with Gasteiger partial charge in [-0.05, 0) is 35.4 Å². The summed E-state index contributed by atoms with van der Waals surface area (Å²) in [5, 5.41) is 1.89. The van der Waals surface area contributed by atoms with Gasteiger partial charge in [-0.15, -0.1) is 0 Å². The van der Waals surface area contributed by atoms with Crippen LogP contribution in [0.5, 0.6) is 5.75 Å². The van der Waals surface area contributed by atoms with E-state index in [1.807, 2.05) is 31.2 Å². The summed E-state index contributed by atoms with van der Waals surface area (Å²) in [7, 11) is 2.96. The third-order valence-electron chi connectivity index (χ3n) is 2.83. The minimum absolute atomic E-state index is 0.348. The van der Waals surface area contributed by atoms with Crippen LogP contribution in [0, 0.1) is 6.92 Å². The van der Waals surface area contributed by atoms with Crippen molar-refractivity contribution >= 4 is 16.7 Å². The first kappa shape index (κ1) is 11.5. The van der Waals surface area contributed by atoms with Crippen LogP contribution in [0.3, 0.4) is 0 Å². The molecule has 2 aromatic carbocycles. The molecule has 0 amide bonds. The molecule has 17 heavy (non-hydrogen) atoms. The Morgan fingerprint density at radius 2 is 1.88 bits per heavy atom. The number of carbonyl (C=O) groups is 1. The van der Waals surface area contributed by atoms with Crippen LogP contribution in [0.4, 0.5) is 0 Å². The van der Waals surface area contributed by atoms with E-state index in [1.165, 1.54) is 7.11 Å². The van der Waals surface area contributed by atoms with Crippen molar-refractivity contribution in [2.24, 2.45) is 0 Å². The molecule has 0 fully saturated rings. The van der Waals surface area contributed by atoms with Crippen molar-refractivity contribution in [1.82, 2.24) is 0 Å². The lowest BCUT2D eigenvalue weighted by Crippen LogP contribution is -2.03. The van der Waals surface area contributed by atoms with Gasteiger partial charge in [0.15, 0.2) is 0 Å². The van der Waals surface area contributed by atoms with Gasteiger partial charge < -0.3 is 9.47 Å². The van der Waals surface area contributed by atoms with Crippen LogP contribution >= 0.6 is 0 Å². The zero-order valence-corrected chi connectivity index (χ0v) is 10.1. The number of methoxy groups -OCH3 is 2. The molecule has 0 atom stereocenters. The van der Waals surface area contributed by atoms with Gasteiger partial charge in [0.2, 0.25) is 0 Å². The van der Waals surface area contributed by atoms with Gasteiger partial charge in [0, 0.05) is 0 Å². The second-order valence-electron chi connectivity index (χ2n) is 3.84. The number of ether oxygens (including phenoxy) is 2. The zero-order valence-electron chi connectivity index (χ0n) is 10.1. The first-order valence-electron chi connectivity index (χ1n) is 5.33. The van der Waals surface area contributed by atoms with Gasteiger partial charge in [-0.1, -0.05) is 18.2 Å². The van der Waals surface area contributed by atoms with Crippen LogP contribution in [0.25, 0.3) is 10.8 Å². The summed E-state index contributed by atoms with van der Waals surface area (Å²) in [5.74, 6) is 0.312. The van der Waals surface area contributed by atoms with Crippen LogP contribution in [0.1, 0.15) is 15.9 Å². The minimum Gasteiger partial charge on any atom is -0.497 e. The molecule has 0 N–H and O–H groups in total. The summed E-state index contributed by atoms with van der Waals surface area (Å²) in [6.45, 7) is 2.00. The molecule has 0 unspecified atom stereocenters. The maximum absolute atomic E-state index is 11.7. The minimum atomic E-state index is -0.348. The summed E-state index contributed by atoms with van der Waals surface area (Å²) in [6, 6.07) is 9.47. The molecule has 0 radical (unpaired) electrons. The number of fused-ring (bicyclic) bond motifs is 1. The second-order valence-corrected chi connectivity index (χ2v) is 3.84.